The molecule has 9 nitrogen and oxygen atoms in total. The number of ether oxygens (including phenoxy) is 1. The number of aromatic hydroxyl groups is 1. The van der Waals surface area contributed by atoms with Crippen LogP contribution in [0.1, 0.15) is 31.2 Å². The summed E-state index contributed by atoms with van der Waals surface area (Å²) >= 11 is 0. The van der Waals surface area contributed by atoms with Gasteiger partial charge in [-0.05, 0) is 79.1 Å². The van der Waals surface area contributed by atoms with Crippen molar-refractivity contribution in [3.63, 3.8) is 0 Å². The van der Waals surface area contributed by atoms with E-state index in [1.807, 2.05) is 79.7 Å². The van der Waals surface area contributed by atoms with E-state index < -0.39 is 35.0 Å². The van der Waals surface area contributed by atoms with Gasteiger partial charge in [-0.1, -0.05) is 60.2 Å². The van der Waals surface area contributed by atoms with Crippen LogP contribution in [0.4, 0.5) is 17.1 Å². The van der Waals surface area contributed by atoms with Gasteiger partial charge in [-0.2, -0.15) is 0 Å². The molecule has 5 aliphatic rings. The minimum atomic E-state index is -1.16. The first-order chi connectivity index (χ1) is 24.3. The van der Waals surface area contributed by atoms with E-state index in [1.54, 1.807) is 18.2 Å². The van der Waals surface area contributed by atoms with Crippen molar-refractivity contribution in [1.82, 2.24) is 0 Å². The second kappa shape index (κ2) is 11.4. The number of carbonyl (C=O) groups is 4. The maximum atomic E-state index is 14.7. The average Bonchev–Trinajstić information content (AvgIpc) is 3.52. The zero-order valence-electron chi connectivity index (χ0n) is 27.7. The van der Waals surface area contributed by atoms with Crippen molar-refractivity contribution in [3.8, 4) is 5.75 Å². The number of para-hydroxylation sites is 1. The first-order valence-electron chi connectivity index (χ1n) is 17.4. The van der Waals surface area contributed by atoms with Gasteiger partial charge in [0, 0.05) is 30.1 Å². The number of benzene rings is 4. The molecule has 3 aliphatic heterocycles. The van der Waals surface area contributed by atoms with Crippen LogP contribution in [-0.2, 0) is 23.9 Å². The van der Waals surface area contributed by atoms with Gasteiger partial charge in [-0.15, -0.1) is 0 Å². The third-order valence-electron chi connectivity index (χ3n) is 12.0. The number of nitrogens with zero attached hydrogens (tertiary/aromatic N) is 3. The monoisotopic (exact) mass is 667 g/mol. The maximum Gasteiger partial charge on any atom is 0.241 e. The van der Waals surface area contributed by atoms with Crippen molar-refractivity contribution in [2.24, 2.45) is 29.1 Å². The Labute approximate surface area is 289 Å². The highest BCUT2D eigenvalue weighted by atomic mass is 16.5. The van der Waals surface area contributed by atoms with Gasteiger partial charge >= 0.3 is 0 Å². The van der Waals surface area contributed by atoms with Crippen LogP contribution >= 0.6 is 0 Å². The van der Waals surface area contributed by atoms with Gasteiger partial charge in [0.05, 0.1) is 47.8 Å². The molecule has 2 aliphatic carbocycles. The SMILES string of the molecule is C[C@@]12C(=O)N(c3ccccc3)C(=O)[C@@H]1C[C@@H]1C(=CC[C@@H]3C(=O)N(c4ccc(N5CCOCC5)cc4)C(=O)[C@@H]31)[C@@H]2c1ccc(O)c2ccccc12. The number of amides is 4. The fraction of sp³-hybridized carbons (Fsp3) is 0.317. The standard InChI is InChI=1S/C41H37N3O6/c1-41-33(38(47)44(40(41)49)25-7-3-2-4-8-25)23-32-30(36(41)29-17-18-34(45)28-10-6-5-9-27(28)29)15-16-31-35(32)39(48)43(37(31)46)26-13-11-24(12-14-26)42-19-21-50-22-20-42/h2-15,17-18,31-33,35-36,45H,16,19-23H2,1H3/t31-,32+,33-,35-,36-,41+/m0/s1. The van der Waals surface area contributed by atoms with Crippen molar-refractivity contribution in [2.75, 3.05) is 41.0 Å². The van der Waals surface area contributed by atoms with Crippen molar-refractivity contribution in [2.45, 2.75) is 25.7 Å². The number of imide groups is 2. The minimum Gasteiger partial charge on any atom is -0.507 e. The molecule has 4 aromatic rings. The number of hydrogen-bond donors (Lipinski definition) is 1. The van der Waals surface area contributed by atoms with E-state index in [2.05, 4.69) is 11.0 Å². The van der Waals surface area contributed by atoms with Crippen LogP contribution in [0.3, 0.4) is 0 Å². The van der Waals surface area contributed by atoms with E-state index in [0.29, 0.717) is 36.4 Å². The molecule has 3 saturated heterocycles. The lowest BCUT2D eigenvalue weighted by atomic mass is 9.51. The molecule has 0 radical (unpaired) electrons. The Morgan fingerprint density at radius 3 is 2.10 bits per heavy atom. The molecule has 0 bridgehead atoms. The molecule has 4 fully saturated rings. The van der Waals surface area contributed by atoms with Crippen molar-refractivity contribution >= 4 is 51.5 Å². The minimum absolute atomic E-state index is 0.127. The van der Waals surface area contributed by atoms with E-state index in [1.165, 1.54) is 9.80 Å². The number of fused-ring (bicyclic) bond motifs is 5. The summed E-state index contributed by atoms with van der Waals surface area (Å²) in [5, 5.41) is 12.3. The fourth-order valence-corrected chi connectivity index (χ4v) is 9.63. The maximum absolute atomic E-state index is 14.7. The van der Waals surface area contributed by atoms with Gasteiger partial charge in [-0.3, -0.25) is 24.1 Å². The highest BCUT2D eigenvalue weighted by molar-refractivity contribution is 6.25. The number of allylic oxidation sites excluding steroid dienone is 2. The number of rotatable bonds is 4. The lowest BCUT2D eigenvalue weighted by molar-refractivity contribution is -0.131. The van der Waals surface area contributed by atoms with E-state index in [0.717, 1.165) is 35.3 Å². The molecule has 3 heterocycles. The number of carbonyl (C=O) groups excluding carboxylic acids is 4. The summed E-state index contributed by atoms with van der Waals surface area (Å²) in [6.07, 6.45) is 2.72. The van der Waals surface area contributed by atoms with E-state index in [4.69, 9.17) is 4.74 Å². The summed E-state index contributed by atoms with van der Waals surface area (Å²) in [5.74, 6) is -3.86. The van der Waals surface area contributed by atoms with E-state index in [-0.39, 0.29) is 35.8 Å². The van der Waals surface area contributed by atoms with E-state index >= 15 is 0 Å². The van der Waals surface area contributed by atoms with Crippen molar-refractivity contribution in [1.29, 1.82) is 0 Å². The summed E-state index contributed by atoms with van der Waals surface area (Å²) in [5.41, 5.74) is 2.65. The van der Waals surface area contributed by atoms with Gasteiger partial charge in [0.15, 0.2) is 0 Å². The lowest BCUT2D eigenvalue weighted by Gasteiger charge is -2.49. The third kappa shape index (κ3) is 4.29. The smallest absolute Gasteiger partial charge is 0.241 e. The van der Waals surface area contributed by atoms with Crippen LogP contribution < -0.4 is 14.7 Å². The molecule has 0 spiro atoms. The number of anilines is 3. The molecule has 4 amide bonds. The van der Waals surface area contributed by atoms with Gasteiger partial charge in [0.2, 0.25) is 23.6 Å². The topological polar surface area (TPSA) is 107 Å². The quantitative estimate of drug-likeness (QED) is 0.216. The first-order valence-corrected chi connectivity index (χ1v) is 17.4. The summed E-state index contributed by atoms with van der Waals surface area (Å²) in [4.78, 5) is 62.8. The average molecular weight is 668 g/mol. The second-order valence-electron chi connectivity index (χ2n) is 14.3. The van der Waals surface area contributed by atoms with Crippen LogP contribution in [-0.4, -0.2) is 55.0 Å². The zero-order chi connectivity index (χ0) is 34.3. The molecule has 4 aromatic carbocycles. The highest BCUT2D eigenvalue weighted by Crippen LogP contribution is 2.64. The molecule has 252 valence electrons. The summed E-state index contributed by atoms with van der Waals surface area (Å²) < 4.78 is 5.49. The Kier molecular flexibility index (Phi) is 7.00. The highest BCUT2D eigenvalue weighted by Gasteiger charge is 2.67. The Hall–Kier alpha value is -5.28. The van der Waals surface area contributed by atoms with Gasteiger partial charge in [0.25, 0.3) is 0 Å². The third-order valence-corrected chi connectivity index (χ3v) is 12.0. The number of morpholine rings is 1. The Bertz CT molecular complexity index is 2110. The molecule has 1 N–H and O–H groups in total. The number of hydrogen-bond acceptors (Lipinski definition) is 7. The molecule has 6 atom stereocenters. The predicted molar refractivity (Wildman–Crippen MR) is 189 cm³/mol. The Morgan fingerprint density at radius 1 is 0.700 bits per heavy atom. The molecule has 0 unspecified atom stereocenters. The zero-order valence-corrected chi connectivity index (χ0v) is 27.7. The summed E-state index contributed by atoms with van der Waals surface area (Å²) in [6, 6.07) is 27.6. The van der Waals surface area contributed by atoms with E-state index in [9.17, 15) is 24.3 Å². The van der Waals surface area contributed by atoms with Gasteiger partial charge < -0.3 is 14.7 Å². The molecule has 9 rings (SSSR count). The van der Waals surface area contributed by atoms with Crippen LogP contribution in [0.2, 0.25) is 0 Å². The molecule has 0 aromatic heterocycles. The summed E-state index contributed by atoms with van der Waals surface area (Å²) in [7, 11) is 0. The Balaban J connectivity index is 1.15. The lowest BCUT2D eigenvalue weighted by Crippen LogP contribution is -2.49. The molecular formula is C41H37N3O6. The molecule has 50 heavy (non-hydrogen) atoms. The second-order valence-corrected chi connectivity index (χ2v) is 14.3. The number of phenolic OH excluding ortho intramolecular Hbond substituents is 1. The fourth-order valence-electron chi connectivity index (χ4n) is 9.63. The van der Waals surface area contributed by atoms with Crippen LogP contribution in [0, 0.1) is 29.1 Å². The molecular weight excluding hydrogens is 630 g/mol. The van der Waals surface area contributed by atoms with Crippen molar-refractivity contribution < 1.29 is 29.0 Å². The summed E-state index contributed by atoms with van der Waals surface area (Å²) in [6.45, 7) is 4.76. The normalized spacial score (nSPS) is 29.3. The van der Waals surface area contributed by atoms with Crippen molar-refractivity contribution in [3.05, 3.63) is 108 Å². The largest absolute Gasteiger partial charge is 0.507 e. The molecule has 1 saturated carbocycles. The van der Waals surface area contributed by atoms with Crippen LogP contribution in [0.25, 0.3) is 10.8 Å². The number of phenols is 1. The molecule has 9 heteroatoms. The van der Waals surface area contributed by atoms with Gasteiger partial charge in [-0.25, -0.2) is 4.90 Å². The van der Waals surface area contributed by atoms with Crippen LogP contribution in [0.5, 0.6) is 5.75 Å². The predicted octanol–water partition coefficient (Wildman–Crippen LogP) is 5.82. The Morgan fingerprint density at radius 2 is 1.36 bits per heavy atom. The van der Waals surface area contributed by atoms with Crippen LogP contribution in [0.15, 0.2) is 103 Å². The first kappa shape index (κ1) is 30.8. The van der Waals surface area contributed by atoms with Gasteiger partial charge in [0.1, 0.15) is 5.75 Å².